The van der Waals surface area contributed by atoms with E-state index in [9.17, 15) is 14.0 Å². The smallest absolute Gasteiger partial charge is 0.314 e. The molecule has 1 saturated heterocycles. The molecule has 1 aliphatic heterocycles. The zero-order valence-corrected chi connectivity index (χ0v) is 20.4. The Morgan fingerprint density at radius 1 is 1.05 bits per heavy atom. The molecule has 0 bridgehead atoms. The van der Waals surface area contributed by atoms with Gasteiger partial charge in [-0.2, -0.15) is 5.10 Å². The number of aromatic nitrogens is 3. The van der Waals surface area contributed by atoms with Crippen molar-refractivity contribution in [1.82, 2.24) is 14.8 Å². The van der Waals surface area contributed by atoms with Crippen LogP contribution in [0.15, 0.2) is 94.6 Å². The molecule has 8 nitrogen and oxygen atoms in total. The van der Waals surface area contributed by atoms with Gasteiger partial charge in [-0.3, -0.25) is 9.59 Å². The van der Waals surface area contributed by atoms with Crippen molar-refractivity contribution < 1.29 is 18.4 Å². The van der Waals surface area contributed by atoms with Crippen LogP contribution in [0.2, 0.25) is 0 Å². The highest BCUT2D eigenvalue weighted by Crippen LogP contribution is 2.41. The third-order valence-corrected chi connectivity index (χ3v) is 6.62. The molecule has 2 aromatic heterocycles. The number of aryl methyl sites for hydroxylation is 1. The first kappa shape index (κ1) is 23.5. The molecule has 2 atom stereocenters. The number of anilines is 1. The highest BCUT2D eigenvalue weighted by atomic mass is 19.1. The third kappa shape index (κ3) is 4.28. The number of rotatable bonds is 5. The fourth-order valence-corrected chi connectivity index (χ4v) is 4.89. The number of amides is 2. The maximum absolute atomic E-state index is 13.4. The van der Waals surface area contributed by atoms with Gasteiger partial charge in [0.1, 0.15) is 5.82 Å². The van der Waals surface area contributed by atoms with Crippen LogP contribution in [0.25, 0.3) is 16.6 Å². The zero-order chi connectivity index (χ0) is 26.2. The van der Waals surface area contributed by atoms with Crippen LogP contribution < -0.4 is 4.90 Å². The number of hydrogen-bond donors (Lipinski definition) is 0. The van der Waals surface area contributed by atoms with E-state index < -0.39 is 5.91 Å². The van der Waals surface area contributed by atoms with Crippen LogP contribution >= 0.6 is 0 Å². The van der Waals surface area contributed by atoms with E-state index in [0.717, 1.165) is 22.2 Å². The fraction of sp³-hybridized carbons (Fsp3) is 0.138. The molecule has 1 fully saturated rings. The monoisotopic (exact) mass is 507 g/mol. The number of oxazole rings is 1. The van der Waals surface area contributed by atoms with Crippen LogP contribution in [0, 0.1) is 18.7 Å². The fourth-order valence-electron chi connectivity index (χ4n) is 4.89. The molecule has 0 saturated carbocycles. The molecule has 6 rings (SSSR count). The SMILES string of the molecule is Cc1ncc(C(=O)/N=C/C2CC(=O)N(c3ccc4c(cnn4-c4ccc(F)cc4)c3)[C@@H]2c2ccccc2)o1. The van der Waals surface area contributed by atoms with Crippen molar-refractivity contribution in [3.63, 3.8) is 0 Å². The number of halogens is 1. The molecule has 1 aliphatic rings. The van der Waals surface area contributed by atoms with Crippen molar-refractivity contribution in [3.8, 4) is 5.69 Å². The maximum atomic E-state index is 13.4. The van der Waals surface area contributed by atoms with E-state index >= 15 is 0 Å². The molecule has 3 aromatic carbocycles. The lowest BCUT2D eigenvalue weighted by molar-refractivity contribution is -0.117. The van der Waals surface area contributed by atoms with Gasteiger partial charge in [-0.25, -0.2) is 19.0 Å². The molecule has 188 valence electrons. The van der Waals surface area contributed by atoms with Gasteiger partial charge in [-0.15, -0.1) is 0 Å². The Labute approximate surface area is 217 Å². The molecule has 0 radical (unpaired) electrons. The standard InChI is InChI=1S/C29H22FN5O3/c1-18-31-17-26(38-18)29(37)32-15-21-14-27(36)34(28(21)19-5-3-2-4-6-19)24-11-12-25-20(13-24)16-33-35(25)23-9-7-22(30)8-10-23/h2-13,15-17,21,28H,14H2,1H3/b32-15+/t21?,28-/m1/s1. The van der Waals surface area contributed by atoms with Crippen LogP contribution in [-0.4, -0.2) is 32.8 Å². The topological polar surface area (TPSA) is 93.6 Å². The first-order valence-electron chi connectivity index (χ1n) is 12.1. The van der Waals surface area contributed by atoms with Gasteiger partial charge in [0.05, 0.1) is 29.6 Å². The van der Waals surface area contributed by atoms with Gasteiger partial charge < -0.3 is 9.32 Å². The molecule has 1 unspecified atom stereocenters. The third-order valence-electron chi connectivity index (χ3n) is 6.62. The molecule has 0 aliphatic carbocycles. The lowest BCUT2D eigenvalue weighted by atomic mass is 9.94. The van der Waals surface area contributed by atoms with Gasteiger partial charge >= 0.3 is 5.91 Å². The van der Waals surface area contributed by atoms with Crippen LogP contribution in [-0.2, 0) is 4.79 Å². The molecule has 2 amide bonds. The van der Waals surface area contributed by atoms with Crippen molar-refractivity contribution in [3.05, 3.63) is 108 Å². The Bertz CT molecular complexity index is 1670. The Morgan fingerprint density at radius 2 is 1.82 bits per heavy atom. The van der Waals surface area contributed by atoms with Crippen molar-refractivity contribution in [1.29, 1.82) is 0 Å². The molecular weight excluding hydrogens is 485 g/mol. The maximum Gasteiger partial charge on any atom is 0.314 e. The molecule has 38 heavy (non-hydrogen) atoms. The van der Waals surface area contributed by atoms with E-state index in [1.807, 2.05) is 48.5 Å². The lowest BCUT2D eigenvalue weighted by Gasteiger charge is -2.27. The molecule has 0 N–H and O–H groups in total. The quantitative estimate of drug-likeness (QED) is 0.294. The summed E-state index contributed by atoms with van der Waals surface area (Å²) in [5, 5.41) is 5.30. The Balaban J connectivity index is 1.35. The van der Waals surface area contributed by atoms with Gasteiger partial charge in [-0.1, -0.05) is 30.3 Å². The minimum atomic E-state index is -0.544. The van der Waals surface area contributed by atoms with Gasteiger partial charge in [-0.05, 0) is 48.0 Å². The molecule has 0 spiro atoms. The summed E-state index contributed by atoms with van der Waals surface area (Å²) in [4.78, 5) is 35.7. The van der Waals surface area contributed by atoms with Crippen molar-refractivity contribution in [2.45, 2.75) is 19.4 Å². The predicted octanol–water partition coefficient (Wildman–Crippen LogP) is 5.47. The Morgan fingerprint density at radius 3 is 2.55 bits per heavy atom. The number of fused-ring (bicyclic) bond motifs is 1. The van der Waals surface area contributed by atoms with Crippen molar-refractivity contribution >= 4 is 34.6 Å². The minimum absolute atomic E-state index is 0.0554. The van der Waals surface area contributed by atoms with Crippen LogP contribution in [0.1, 0.15) is 34.5 Å². The number of carbonyl (C=O) groups excluding carboxylic acids is 2. The van der Waals surface area contributed by atoms with Crippen LogP contribution in [0.4, 0.5) is 10.1 Å². The number of aliphatic imine (C=N–C) groups is 1. The number of hydrogen-bond acceptors (Lipinski definition) is 5. The van der Waals surface area contributed by atoms with Gasteiger partial charge in [0.25, 0.3) is 0 Å². The van der Waals surface area contributed by atoms with E-state index in [0.29, 0.717) is 11.6 Å². The summed E-state index contributed by atoms with van der Waals surface area (Å²) >= 11 is 0. The van der Waals surface area contributed by atoms with Crippen LogP contribution in [0.3, 0.4) is 0 Å². The Hall–Kier alpha value is -4.92. The van der Waals surface area contributed by atoms with Crippen LogP contribution in [0.5, 0.6) is 0 Å². The Kier molecular flexibility index (Phi) is 5.88. The normalized spacial score (nSPS) is 17.6. The zero-order valence-electron chi connectivity index (χ0n) is 20.4. The summed E-state index contributed by atoms with van der Waals surface area (Å²) in [7, 11) is 0. The predicted molar refractivity (Wildman–Crippen MR) is 140 cm³/mol. The summed E-state index contributed by atoms with van der Waals surface area (Å²) < 4.78 is 20.4. The average molecular weight is 508 g/mol. The molecular formula is C29H22FN5O3. The summed E-state index contributed by atoms with van der Waals surface area (Å²) in [5.41, 5.74) is 3.20. The summed E-state index contributed by atoms with van der Waals surface area (Å²) in [5.74, 6) is -0.842. The second kappa shape index (κ2) is 9.51. The van der Waals surface area contributed by atoms with Gasteiger partial charge in [0, 0.05) is 36.6 Å². The van der Waals surface area contributed by atoms with E-state index in [4.69, 9.17) is 4.42 Å². The molecule has 5 aromatic rings. The van der Waals surface area contributed by atoms with E-state index in [-0.39, 0.29) is 35.9 Å². The minimum Gasteiger partial charge on any atom is -0.436 e. The molecule has 3 heterocycles. The first-order valence-corrected chi connectivity index (χ1v) is 12.1. The highest BCUT2D eigenvalue weighted by Gasteiger charge is 2.41. The lowest BCUT2D eigenvalue weighted by Crippen LogP contribution is -2.29. The van der Waals surface area contributed by atoms with Crippen molar-refractivity contribution in [2.24, 2.45) is 10.9 Å². The second-order valence-electron chi connectivity index (χ2n) is 9.09. The summed E-state index contributed by atoms with van der Waals surface area (Å²) in [6.07, 6.45) is 4.80. The van der Waals surface area contributed by atoms with E-state index in [2.05, 4.69) is 15.1 Å². The number of carbonyl (C=O) groups is 2. The molecule has 9 heteroatoms. The van der Waals surface area contributed by atoms with Gasteiger partial charge in [0.2, 0.25) is 11.7 Å². The van der Waals surface area contributed by atoms with E-state index in [1.54, 1.807) is 41.0 Å². The van der Waals surface area contributed by atoms with Crippen molar-refractivity contribution in [2.75, 3.05) is 4.90 Å². The summed E-state index contributed by atoms with van der Waals surface area (Å²) in [6, 6.07) is 21.1. The largest absolute Gasteiger partial charge is 0.436 e. The average Bonchev–Trinajstić information content (AvgIpc) is 3.64. The number of benzene rings is 3. The summed E-state index contributed by atoms with van der Waals surface area (Å²) in [6.45, 7) is 1.65. The highest BCUT2D eigenvalue weighted by molar-refractivity contribution is 6.03. The number of nitrogens with zero attached hydrogens (tertiary/aromatic N) is 5. The second-order valence-corrected chi connectivity index (χ2v) is 9.09. The van der Waals surface area contributed by atoms with E-state index in [1.165, 1.54) is 18.3 Å². The first-order chi connectivity index (χ1) is 18.5. The van der Waals surface area contributed by atoms with Gasteiger partial charge in [0.15, 0.2) is 5.89 Å².